The third-order valence-corrected chi connectivity index (χ3v) is 4.00. The highest BCUT2D eigenvalue weighted by molar-refractivity contribution is 6.23. The van der Waals surface area contributed by atoms with Gasteiger partial charge in [-0.3, -0.25) is 24.3 Å². The molecule has 0 aliphatic carbocycles. The molecule has 0 atom stereocenters. The van der Waals surface area contributed by atoms with Crippen LogP contribution < -0.4 is 27.2 Å². The lowest BCUT2D eigenvalue weighted by Crippen LogP contribution is -2.35. The number of aromatic nitrogens is 1. The lowest BCUT2D eigenvalue weighted by atomic mass is 10.1. The summed E-state index contributed by atoms with van der Waals surface area (Å²) in [5, 5.41) is 7.37. The van der Waals surface area contributed by atoms with Crippen LogP contribution in [0.25, 0.3) is 5.69 Å². The molecule has 0 unspecified atom stereocenters. The Morgan fingerprint density at radius 2 is 1.83 bits per heavy atom. The Kier molecular flexibility index (Phi) is 2.73. The summed E-state index contributed by atoms with van der Waals surface area (Å²) >= 11 is 0. The lowest BCUT2D eigenvalue weighted by Gasteiger charge is -2.23. The summed E-state index contributed by atoms with van der Waals surface area (Å²) in [5.74, 6) is -1.46. The molecule has 0 saturated heterocycles. The van der Waals surface area contributed by atoms with Crippen molar-refractivity contribution in [3.63, 3.8) is 0 Å². The summed E-state index contributed by atoms with van der Waals surface area (Å²) in [7, 11) is 0. The molecule has 120 valence electrons. The molecule has 0 radical (unpaired) electrons. The maximum absolute atomic E-state index is 12.5. The van der Waals surface area contributed by atoms with E-state index in [0.717, 1.165) is 16.2 Å². The van der Waals surface area contributed by atoms with E-state index < -0.39 is 23.4 Å². The number of urea groups is 1. The van der Waals surface area contributed by atoms with Crippen molar-refractivity contribution in [3.8, 4) is 5.69 Å². The van der Waals surface area contributed by atoms with Crippen LogP contribution in [0.4, 0.5) is 16.3 Å². The third-order valence-electron chi connectivity index (χ3n) is 4.00. The lowest BCUT2D eigenvalue weighted by molar-refractivity contribution is 0.0880. The molecule has 2 aliphatic heterocycles. The number of carbonyl (C=O) groups is 3. The summed E-state index contributed by atoms with van der Waals surface area (Å²) in [6.45, 7) is 0.299. The van der Waals surface area contributed by atoms with Crippen LogP contribution in [-0.4, -0.2) is 22.4 Å². The van der Waals surface area contributed by atoms with E-state index >= 15 is 0 Å². The van der Waals surface area contributed by atoms with Gasteiger partial charge in [0.15, 0.2) is 0 Å². The Balaban J connectivity index is 2.02. The molecule has 9 heteroatoms. The quantitative estimate of drug-likeness (QED) is 0.545. The molecule has 2 aromatic rings. The van der Waals surface area contributed by atoms with Crippen molar-refractivity contribution in [1.29, 1.82) is 0 Å². The van der Waals surface area contributed by atoms with Crippen molar-refractivity contribution in [2.24, 2.45) is 0 Å². The second-order valence-electron chi connectivity index (χ2n) is 5.39. The number of fused-ring (bicyclic) bond motifs is 2. The number of amides is 4. The van der Waals surface area contributed by atoms with Gasteiger partial charge in [0.1, 0.15) is 5.82 Å². The second-order valence-corrected chi connectivity index (χ2v) is 5.39. The number of benzene rings is 1. The predicted molar refractivity (Wildman–Crippen MR) is 84.1 cm³/mol. The first-order valence-electron chi connectivity index (χ1n) is 7.05. The second kappa shape index (κ2) is 4.69. The highest BCUT2D eigenvalue weighted by Gasteiger charge is 2.32. The predicted octanol–water partition coefficient (Wildman–Crippen LogP) is -0.0616. The van der Waals surface area contributed by atoms with Gasteiger partial charge in [0.2, 0.25) is 0 Å². The number of hydrogen-bond acceptors (Lipinski definition) is 5. The molecule has 2 aliphatic rings. The maximum atomic E-state index is 12.5. The third kappa shape index (κ3) is 1.81. The zero-order valence-electron chi connectivity index (χ0n) is 12.2. The standard InChI is InChI=1S/C15H11N5O4/c16-12-10-7(13(22)19-14(10)23)4-9(21)20(12)8-3-1-2-6-5-17-15(24)18-11(6)8/h1-4H,5,16H2,(H2,17,18,24)(H,19,22,23). The van der Waals surface area contributed by atoms with E-state index in [1.807, 2.05) is 0 Å². The summed E-state index contributed by atoms with van der Waals surface area (Å²) in [4.78, 5) is 47.7. The summed E-state index contributed by atoms with van der Waals surface area (Å²) in [5.41, 5.74) is 6.87. The molecule has 9 nitrogen and oxygen atoms in total. The molecule has 4 amide bonds. The number of imide groups is 1. The molecule has 1 aromatic heterocycles. The number of rotatable bonds is 1. The van der Waals surface area contributed by atoms with E-state index in [9.17, 15) is 19.2 Å². The zero-order chi connectivity index (χ0) is 17.0. The van der Waals surface area contributed by atoms with Crippen LogP contribution in [0.2, 0.25) is 0 Å². The first kappa shape index (κ1) is 14.0. The fourth-order valence-corrected chi connectivity index (χ4v) is 2.93. The number of nitrogens with one attached hydrogen (secondary N) is 3. The Labute approximate surface area is 134 Å². The number of nitrogens with zero attached hydrogens (tertiary/aromatic N) is 1. The SMILES string of the molecule is Nc1c2c(cc(=O)n1-c1cccc3c1NC(=O)NC3)C(=O)NC2=O. The summed E-state index contributed by atoms with van der Waals surface area (Å²) in [6, 6.07) is 5.75. The normalized spacial score (nSPS) is 15.2. The van der Waals surface area contributed by atoms with Crippen LogP contribution in [0.5, 0.6) is 0 Å². The minimum absolute atomic E-state index is 0.0440. The molecule has 0 fully saturated rings. The van der Waals surface area contributed by atoms with Crippen LogP contribution in [0.3, 0.4) is 0 Å². The molecule has 0 saturated carbocycles. The van der Waals surface area contributed by atoms with Gasteiger partial charge in [0, 0.05) is 12.6 Å². The smallest absolute Gasteiger partial charge is 0.319 e. The Morgan fingerprint density at radius 1 is 1.04 bits per heavy atom. The molecule has 1 aromatic carbocycles. The van der Waals surface area contributed by atoms with Crippen LogP contribution >= 0.6 is 0 Å². The first-order chi connectivity index (χ1) is 11.5. The van der Waals surface area contributed by atoms with E-state index in [2.05, 4.69) is 16.0 Å². The topological polar surface area (TPSA) is 135 Å². The van der Waals surface area contributed by atoms with Crippen LogP contribution in [0.15, 0.2) is 29.1 Å². The van der Waals surface area contributed by atoms with E-state index in [4.69, 9.17) is 5.73 Å². The molecular formula is C15H11N5O4. The molecule has 3 heterocycles. The zero-order valence-corrected chi connectivity index (χ0v) is 12.2. The van der Waals surface area contributed by atoms with Gasteiger partial charge in [-0.2, -0.15) is 0 Å². The molecule has 24 heavy (non-hydrogen) atoms. The van der Waals surface area contributed by atoms with E-state index in [0.29, 0.717) is 17.9 Å². The van der Waals surface area contributed by atoms with Crippen molar-refractivity contribution < 1.29 is 14.4 Å². The van der Waals surface area contributed by atoms with E-state index in [1.54, 1.807) is 18.2 Å². The number of nitrogens with two attached hydrogens (primary N) is 1. The average Bonchev–Trinajstić information content (AvgIpc) is 2.82. The fourth-order valence-electron chi connectivity index (χ4n) is 2.93. The number of nitrogen functional groups attached to an aromatic ring is 1. The van der Waals surface area contributed by atoms with Gasteiger partial charge < -0.3 is 16.4 Å². The Hall–Kier alpha value is -3.62. The molecular weight excluding hydrogens is 314 g/mol. The van der Waals surface area contributed by atoms with Gasteiger partial charge in [0.25, 0.3) is 17.4 Å². The van der Waals surface area contributed by atoms with Gasteiger partial charge in [-0.15, -0.1) is 0 Å². The van der Waals surface area contributed by atoms with Gasteiger partial charge in [-0.05, 0) is 11.6 Å². The molecule has 5 N–H and O–H groups in total. The number of para-hydroxylation sites is 1. The van der Waals surface area contributed by atoms with E-state index in [1.165, 1.54) is 0 Å². The van der Waals surface area contributed by atoms with Crippen LogP contribution in [-0.2, 0) is 6.54 Å². The number of pyridine rings is 1. The van der Waals surface area contributed by atoms with Gasteiger partial charge in [-0.1, -0.05) is 12.1 Å². The summed E-state index contributed by atoms with van der Waals surface area (Å²) in [6.07, 6.45) is 0. The average molecular weight is 325 g/mol. The minimum atomic E-state index is -0.656. The number of carbonyl (C=O) groups excluding carboxylic acids is 3. The van der Waals surface area contributed by atoms with Gasteiger partial charge in [-0.25, -0.2) is 4.79 Å². The number of anilines is 2. The molecule has 0 spiro atoms. The molecule has 4 rings (SSSR count). The minimum Gasteiger partial charge on any atom is -0.384 e. The summed E-state index contributed by atoms with van der Waals surface area (Å²) < 4.78 is 1.11. The van der Waals surface area contributed by atoms with Crippen molar-refractivity contribution in [3.05, 3.63) is 51.3 Å². The Bertz CT molecular complexity index is 1010. The van der Waals surface area contributed by atoms with Crippen molar-refractivity contribution in [2.45, 2.75) is 6.54 Å². The largest absolute Gasteiger partial charge is 0.384 e. The van der Waals surface area contributed by atoms with Crippen LogP contribution in [0.1, 0.15) is 26.3 Å². The van der Waals surface area contributed by atoms with Crippen molar-refractivity contribution in [1.82, 2.24) is 15.2 Å². The highest BCUT2D eigenvalue weighted by atomic mass is 16.2. The van der Waals surface area contributed by atoms with Crippen molar-refractivity contribution in [2.75, 3.05) is 11.1 Å². The van der Waals surface area contributed by atoms with Crippen LogP contribution in [0, 0.1) is 0 Å². The van der Waals surface area contributed by atoms with Gasteiger partial charge in [0.05, 0.1) is 22.5 Å². The first-order valence-corrected chi connectivity index (χ1v) is 7.05. The Morgan fingerprint density at radius 3 is 2.62 bits per heavy atom. The monoisotopic (exact) mass is 325 g/mol. The highest BCUT2D eigenvalue weighted by Crippen LogP contribution is 2.30. The molecule has 0 bridgehead atoms. The fraction of sp³-hybridized carbons (Fsp3) is 0.0667. The number of hydrogen-bond donors (Lipinski definition) is 4. The maximum Gasteiger partial charge on any atom is 0.319 e. The van der Waals surface area contributed by atoms with Gasteiger partial charge >= 0.3 is 6.03 Å². The van der Waals surface area contributed by atoms with E-state index in [-0.39, 0.29) is 16.9 Å². The van der Waals surface area contributed by atoms with Crippen molar-refractivity contribution >= 4 is 29.4 Å².